The molecular weight excluding hydrogens is 252 g/mol. The molecule has 3 heteroatoms. The van der Waals surface area contributed by atoms with E-state index in [4.69, 9.17) is 9.84 Å². The molecule has 0 fully saturated rings. The van der Waals surface area contributed by atoms with Crippen LogP contribution in [0, 0.1) is 0 Å². The Bertz CT molecular complexity index is 573. The van der Waals surface area contributed by atoms with Crippen molar-refractivity contribution in [3.8, 4) is 11.1 Å². The largest absolute Gasteiger partial charge is 0.462 e. The van der Waals surface area contributed by atoms with E-state index in [9.17, 15) is 4.79 Å². The fourth-order valence-electron chi connectivity index (χ4n) is 1.98. The minimum absolute atomic E-state index is 0.0144. The molecule has 0 radical (unpaired) electrons. The molecule has 0 amide bonds. The minimum Gasteiger partial charge on any atom is -0.462 e. The van der Waals surface area contributed by atoms with Crippen LogP contribution in [0.4, 0.5) is 0 Å². The lowest BCUT2D eigenvalue weighted by atomic mass is 9.99. The Morgan fingerprint density at radius 2 is 1.80 bits per heavy atom. The highest BCUT2D eigenvalue weighted by atomic mass is 16.5. The zero-order valence-electron chi connectivity index (χ0n) is 11.5. The first-order valence-electron chi connectivity index (χ1n) is 6.72. The molecule has 0 unspecified atom stereocenters. The van der Waals surface area contributed by atoms with E-state index in [1.54, 1.807) is 6.07 Å². The number of carbonyl (C=O) groups is 1. The highest BCUT2D eigenvalue weighted by Crippen LogP contribution is 2.24. The van der Waals surface area contributed by atoms with Crippen LogP contribution in [0.15, 0.2) is 48.5 Å². The van der Waals surface area contributed by atoms with E-state index in [-0.39, 0.29) is 12.6 Å². The summed E-state index contributed by atoms with van der Waals surface area (Å²) >= 11 is 0. The van der Waals surface area contributed by atoms with Crippen molar-refractivity contribution in [2.45, 2.75) is 20.0 Å². The highest BCUT2D eigenvalue weighted by molar-refractivity contribution is 5.97. The summed E-state index contributed by atoms with van der Waals surface area (Å²) in [7, 11) is 0. The van der Waals surface area contributed by atoms with Gasteiger partial charge in [-0.15, -0.1) is 0 Å². The van der Waals surface area contributed by atoms with Gasteiger partial charge in [0, 0.05) is 0 Å². The topological polar surface area (TPSA) is 46.5 Å². The molecule has 0 spiro atoms. The van der Waals surface area contributed by atoms with E-state index in [2.05, 4.69) is 0 Å². The van der Waals surface area contributed by atoms with Gasteiger partial charge in [0.2, 0.25) is 0 Å². The Kier molecular flexibility index (Phi) is 4.91. The fraction of sp³-hybridized carbons (Fsp3) is 0.235. The number of carbonyl (C=O) groups excluding carboxylic acids is 1. The van der Waals surface area contributed by atoms with Gasteiger partial charge in [-0.05, 0) is 29.2 Å². The Morgan fingerprint density at radius 1 is 1.10 bits per heavy atom. The summed E-state index contributed by atoms with van der Waals surface area (Å²) in [6.07, 6.45) is 0.805. The summed E-state index contributed by atoms with van der Waals surface area (Å²) in [5.74, 6) is -0.298. The second-order valence-corrected chi connectivity index (χ2v) is 4.54. The standard InChI is InChI=1S/C17H18O3/c1-2-11-20-17(19)16-6-4-3-5-15(16)14-9-7-13(12-18)8-10-14/h3-10,18H,2,11-12H2,1H3. The van der Waals surface area contributed by atoms with Crippen molar-refractivity contribution in [2.24, 2.45) is 0 Å². The lowest BCUT2D eigenvalue weighted by molar-refractivity contribution is 0.0506. The fourth-order valence-corrected chi connectivity index (χ4v) is 1.98. The minimum atomic E-state index is -0.298. The number of benzene rings is 2. The molecule has 104 valence electrons. The van der Waals surface area contributed by atoms with Crippen molar-refractivity contribution in [1.29, 1.82) is 0 Å². The zero-order chi connectivity index (χ0) is 14.4. The lowest BCUT2D eigenvalue weighted by Crippen LogP contribution is -2.07. The average Bonchev–Trinajstić information content (AvgIpc) is 2.52. The van der Waals surface area contributed by atoms with Crippen molar-refractivity contribution < 1.29 is 14.6 Å². The van der Waals surface area contributed by atoms with E-state index < -0.39 is 0 Å². The Labute approximate surface area is 118 Å². The van der Waals surface area contributed by atoms with Gasteiger partial charge in [-0.25, -0.2) is 4.79 Å². The highest BCUT2D eigenvalue weighted by Gasteiger charge is 2.13. The van der Waals surface area contributed by atoms with Crippen molar-refractivity contribution >= 4 is 5.97 Å². The molecule has 1 N–H and O–H groups in total. The Hall–Kier alpha value is -2.13. The lowest BCUT2D eigenvalue weighted by Gasteiger charge is -2.09. The number of aliphatic hydroxyl groups excluding tert-OH is 1. The van der Waals surface area contributed by atoms with Crippen LogP contribution in [0.25, 0.3) is 11.1 Å². The van der Waals surface area contributed by atoms with E-state index in [0.29, 0.717) is 12.2 Å². The van der Waals surface area contributed by atoms with Gasteiger partial charge in [0.25, 0.3) is 0 Å². The number of ether oxygens (including phenoxy) is 1. The third-order valence-electron chi connectivity index (χ3n) is 3.03. The van der Waals surface area contributed by atoms with Crippen molar-refractivity contribution in [3.05, 3.63) is 59.7 Å². The molecule has 2 aromatic carbocycles. The van der Waals surface area contributed by atoms with Crippen LogP contribution in [0.5, 0.6) is 0 Å². The molecule has 0 bridgehead atoms. The summed E-state index contributed by atoms with van der Waals surface area (Å²) in [4.78, 5) is 12.1. The molecule has 0 saturated heterocycles. The second kappa shape index (κ2) is 6.87. The number of rotatable bonds is 5. The molecule has 3 nitrogen and oxygen atoms in total. The zero-order valence-corrected chi connectivity index (χ0v) is 11.5. The van der Waals surface area contributed by atoms with Crippen LogP contribution in [-0.4, -0.2) is 17.7 Å². The van der Waals surface area contributed by atoms with Crippen LogP contribution in [0.3, 0.4) is 0 Å². The molecule has 0 heterocycles. The van der Waals surface area contributed by atoms with E-state index in [1.165, 1.54) is 0 Å². The number of aliphatic hydroxyl groups is 1. The van der Waals surface area contributed by atoms with Gasteiger partial charge in [0.05, 0.1) is 18.8 Å². The molecule has 0 saturated carbocycles. The van der Waals surface area contributed by atoms with E-state index >= 15 is 0 Å². The number of esters is 1. The van der Waals surface area contributed by atoms with Crippen molar-refractivity contribution in [1.82, 2.24) is 0 Å². The average molecular weight is 270 g/mol. The van der Waals surface area contributed by atoms with Gasteiger partial charge in [0.15, 0.2) is 0 Å². The van der Waals surface area contributed by atoms with Gasteiger partial charge in [-0.3, -0.25) is 0 Å². The SMILES string of the molecule is CCCOC(=O)c1ccccc1-c1ccc(CO)cc1. The number of hydrogen-bond donors (Lipinski definition) is 1. The van der Waals surface area contributed by atoms with Crippen molar-refractivity contribution in [2.75, 3.05) is 6.61 Å². The smallest absolute Gasteiger partial charge is 0.338 e. The third-order valence-corrected chi connectivity index (χ3v) is 3.03. The van der Waals surface area contributed by atoms with Gasteiger partial charge < -0.3 is 9.84 Å². The summed E-state index contributed by atoms with van der Waals surface area (Å²) in [6, 6.07) is 14.9. The molecule has 2 rings (SSSR count). The molecule has 0 aliphatic carbocycles. The maximum absolute atomic E-state index is 12.1. The van der Waals surface area contributed by atoms with Gasteiger partial charge >= 0.3 is 5.97 Å². The van der Waals surface area contributed by atoms with Crippen LogP contribution in [0.1, 0.15) is 29.3 Å². The molecule has 0 atom stereocenters. The summed E-state index contributed by atoms with van der Waals surface area (Å²) in [6.45, 7) is 2.41. The third kappa shape index (κ3) is 3.25. The first-order valence-corrected chi connectivity index (χ1v) is 6.72. The number of hydrogen-bond acceptors (Lipinski definition) is 3. The van der Waals surface area contributed by atoms with Crippen molar-refractivity contribution in [3.63, 3.8) is 0 Å². The van der Waals surface area contributed by atoms with Gasteiger partial charge in [0.1, 0.15) is 0 Å². The first kappa shape index (κ1) is 14.3. The predicted molar refractivity (Wildman–Crippen MR) is 78.4 cm³/mol. The van der Waals surface area contributed by atoms with Crippen LogP contribution >= 0.6 is 0 Å². The summed E-state index contributed by atoms with van der Waals surface area (Å²) in [5.41, 5.74) is 3.20. The quantitative estimate of drug-likeness (QED) is 0.847. The Balaban J connectivity index is 2.33. The first-order chi connectivity index (χ1) is 9.76. The Morgan fingerprint density at radius 3 is 2.45 bits per heavy atom. The van der Waals surface area contributed by atoms with Crippen LogP contribution in [0.2, 0.25) is 0 Å². The van der Waals surface area contributed by atoms with E-state index in [0.717, 1.165) is 23.1 Å². The van der Waals surface area contributed by atoms with E-state index in [1.807, 2.05) is 49.4 Å². The maximum atomic E-state index is 12.1. The van der Waals surface area contributed by atoms with Gasteiger partial charge in [-0.2, -0.15) is 0 Å². The molecule has 2 aromatic rings. The monoisotopic (exact) mass is 270 g/mol. The van der Waals surface area contributed by atoms with Gasteiger partial charge in [-0.1, -0.05) is 49.4 Å². The van der Waals surface area contributed by atoms with Crippen LogP contribution < -0.4 is 0 Å². The molecule has 0 aliphatic heterocycles. The molecule has 0 aromatic heterocycles. The van der Waals surface area contributed by atoms with Crippen LogP contribution in [-0.2, 0) is 11.3 Å². The predicted octanol–water partition coefficient (Wildman–Crippen LogP) is 3.41. The molecular formula is C17H18O3. The normalized spacial score (nSPS) is 10.3. The molecule has 20 heavy (non-hydrogen) atoms. The molecule has 0 aliphatic rings. The second-order valence-electron chi connectivity index (χ2n) is 4.54. The summed E-state index contributed by atoms with van der Waals surface area (Å²) < 4.78 is 5.21. The maximum Gasteiger partial charge on any atom is 0.338 e. The summed E-state index contributed by atoms with van der Waals surface area (Å²) in [5, 5.41) is 9.06.